The van der Waals surface area contributed by atoms with Crippen molar-refractivity contribution in [2.45, 2.75) is 22.9 Å². The third-order valence-corrected chi connectivity index (χ3v) is 7.36. The predicted octanol–water partition coefficient (Wildman–Crippen LogP) is 4.52. The van der Waals surface area contributed by atoms with Crippen LogP contribution in [0.2, 0.25) is 0 Å². The number of alkyl halides is 10. The Morgan fingerprint density at radius 2 is 0.853 bits per heavy atom. The second-order valence-corrected chi connectivity index (χ2v) is 9.89. The van der Waals surface area contributed by atoms with Gasteiger partial charge in [0.25, 0.3) is 0 Å². The number of sulfonamides is 2. The van der Waals surface area contributed by atoms with Crippen LogP contribution < -0.4 is 5.32 Å². The van der Waals surface area contributed by atoms with Crippen molar-refractivity contribution in [3.05, 3.63) is 52.7 Å². The van der Waals surface area contributed by atoms with E-state index in [-0.39, 0.29) is 0 Å². The van der Waals surface area contributed by atoms with Crippen molar-refractivity contribution >= 4 is 31.4 Å². The van der Waals surface area contributed by atoms with Gasteiger partial charge in [-0.25, -0.2) is 16.8 Å². The van der Waals surface area contributed by atoms with Gasteiger partial charge < -0.3 is 4.13 Å². The molecule has 0 radical (unpaired) electrons. The number of quaternary nitrogens is 1. The highest BCUT2D eigenvalue weighted by molar-refractivity contribution is 8.13. The summed E-state index contributed by atoms with van der Waals surface area (Å²) in [6, 6.07) is 17.0. The van der Waals surface area contributed by atoms with Crippen LogP contribution >= 0.6 is 0 Å². The van der Waals surface area contributed by atoms with E-state index in [0.717, 1.165) is 0 Å². The molecular formula is C16H10F10N2O4S2. The number of para-hydroxylation sites is 2. The van der Waals surface area contributed by atoms with E-state index in [0.29, 0.717) is 4.13 Å². The maximum Gasteiger partial charge on any atom is 0.467 e. The van der Waals surface area contributed by atoms with E-state index in [1.807, 2.05) is 0 Å². The summed E-state index contributed by atoms with van der Waals surface area (Å²) in [5.41, 5.74) is 5.39. The third kappa shape index (κ3) is 4.98. The first-order valence-corrected chi connectivity index (χ1v) is 11.2. The van der Waals surface area contributed by atoms with Crippen LogP contribution in [0.25, 0.3) is 15.3 Å². The molecule has 18 heteroatoms. The molecule has 0 atom stereocenters. The minimum absolute atomic E-state index is 0.422. The number of nitrogens with zero attached hydrogens (tertiary/aromatic N) is 1. The van der Waals surface area contributed by atoms with Crippen LogP contribution in [0, 0.1) is 0 Å². The molecule has 0 aromatic heterocycles. The van der Waals surface area contributed by atoms with Gasteiger partial charge in [0.05, 0.1) is 0 Å². The lowest BCUT2D eigenvalue weighted by Gasteiger charge is -2.31. The summed E-state index contributed by atoms with van der Waals surface area (Å²) in [6.07, 6.45) is -14.0. The number of rotatable bonds is 4. The van der Waals surface area contributed by atoms with Crippen molar-refractivity contribution in [3.8, 4) is 11.1 Å². The molecule has 1 heterocycles. The highest BCUT2D eigenvalue weighted by Gasteiger charge is 2.68. The zero-order valence-corrected chi connectivity index (χ0v) is 17.5. The minimum Gasteiger partial charge on any atom is -0.425 e. The fourth-order valence-electron chi connectivity index (χ4n) is 2.42. The summed E-state index contributed by atoms with van der Waals surface area (Å²) in [6.45, 7) is 0. The Morgan fingerprint density at radius 3 is 1.15 bits per heavy atom. The standard InChI is InChI=1S/C12H9N.C4F10NO4S2/c1-3-7-11-9(5-1)10-6-2-4-8-12(10)13-11;5-1(6,7)3(11,12)20(16,17)15-21(18,19)4(13,14)2(8,9)10/h1-8,13H;/q;-1/p+1. The first kappa shape index (κ1) is 27.8. The maximum atomic E-state index is 12.3. The summed E-state index contributed by atoms with van der Waals surface area (Å²) >= 11 is 0. The van der Waals surface area contributed by atoms with Gasteiger partial charge in [0.1, 0.15) is 11.4 Å². The van der Waals surface area contributed by atoms with Crippen LogP contribution in [0.1, 0.15) is 0 Å². The zero-order valence-electron chi connectivity index (χ0n) is 15.9. The van der Waals surface area contributed by atoms with E-state index in [2.05, 4.69) is 53.8 Å². The van der Waals surface area contributed by atoms with Gasteiger partial charge in [0, 0.05) is 23.3 Å². The topological polar surface area (TPSA) is 99.0 Å². The molecule has 0 aliphatic carbocycles. The van der Waals surface area contributed by atoms with Crippen LogP contribution in [0.4, 0.5) is 55.3 Å². The first-order chi connectivity index (χ1) is 15.2. The normalized spacial score (nSPS) is 14.6. The molecule has 34 heavy (non-hydrogen) atoms. The smallest absolute Gasteiger partial charge is 0.425 e. The monoisotopic (exact) mass is 548 g/mol. The molecule has 2 aromatic carbocycles. The first-order valence-electron chi connectivity index (χ1n) is 8.31. The lowest BCUT2D eigenvalue weighted by molar-refractivity contribution is -0.473. The van der Waals surface area contributed by atoms with Crippen molar-refractivity contribution < 1.29 is 66.1 Å². The highest BCUT2D eigenvalue weighted by Crippen LogP contribution is 2.47. The molecular weight excluding hydrogens is 538 g/mol. The summed E-state index contributed by atoms with van der Waals surface area (Å²) < 4.78 is 161. The van der Waals surface area contributed by atoms with Gasteiger partial charge in [-0.3, -0.25) is 5.32 Å². The lowest BCUT2D eigenvalue weighted by Crippen LogP contribution is -2.69. The summed E-state index contributed by atoms with van der Waals surface area (Å²) in [7, 11) is -15.2. The number of benzene rings is 2. The molecule has 1 aliphatic rings. The van der Waals surface area contributed by atoms with E-state index in [4.69, 9.17) is 0 Å². The van der Waals surface area contributed by atoms with Gasteiger partial charge in [0.2, 0.25) is 0 Å². The largest absolute Gasteiger partial charge is 0.467 e. The van der Waals surface area contributed by atoms with Crippen molar-refractivity contribution in [1.29, 1.82) is 0 Å². The molecule has 0 unspecified atom stereocenters. The maximum absolute atomic E-state index is 12.3. The molecule has 190 valence electrons. The van der Waals surface area contributed by atoms with Crippen LogP contribution in [-0.4, -0.2) is 39.7 Å². The van der Waals surface area contributed by atoms with Crippen LogP contribution in [-0.2, 0) is 20.0 Å². The molecule has 0 saturated heterocycles. The van der Waals surface area contributed by atoms with Gasteiger partial charge in [-0.1, -0.05) is 24.3 Å². The fourth-order valence-corrected chi connectivity index (χ4v) is 4.79. The fraction of sp³-hybridized carbons (Fsp3) is 0.250. The Labute approximate surface area is 184 Å². The Kier molecular flexibility index (Phi) is 7.07. The van der Waals surface area contributed by atoms with Crippen LogP contribution in [0.5, 0.6) is 0 Å². The molecule has 2 aromatic rings. The molecule has 2 N–H and O–H groups in total. The van der Waals surface area contributed by atoms with E-state index in [1.54, 1.807) is 0 Å². The summed E-state index contributed by atoms with van der Waals surface area (Å²) in [5.74, 6) is 0. The van der Waals surface area contributed by atoms with Crippen molar-refractivity contribution in [1.82, 2.24) is 0 Å². The number of hydrogen-bond donors (Lipinski definition) is 1. The molecule has 0 saturated carbocycles. The van der Waals surface area contributed by atoms with Crippen molar-refractivity contribution in [3.63, 3.8) is 0 Å². The predicted molar refractivity (Wildman–Crippen MR) is 96.3 cm³/mol. The molecule has 1 aliphatic heterocycles. The van der Waals surface area contributed by atoms with E-state index in [1.165, 1.54) is 22.5 Å². The number of nitrogens with two attached hydrogens (primary N) is 1. The summed E-state index contributed by atoms with van der Waals surface area (Å²) in [5, 5.41) is -11.7. The number of fused-ring (bicyclic) bond motifs is 3. The van der Waals surface area contributed by atoms with Gasteiger partial charge >= 0.3 is 22.9 Å². The van der Waals surface area contributed by atoms with E-state index >= 15 is 0 Å². The third-order valence-electron chi connectivity index (χ3n) is 4.03. The molecule has 0 fully saturated rings. The second-order valence-electron chi connectivity index (χ2n) is 6.37. The Hall–Kier alpha value is -2.44. The molecule has 3 rings (SSSR count). The Balaban J connectivity index is 0.000000263. The van der Waals surface area contributed by atoms with Gasteiger partial charge in [-0.15, -0.1) is 0 Å². The van der Waals surface area contributed by atoms with Crippen molar-refractivity contribution in [2.24, 2.45) is 0 Å². The average molecular weight is 548 g/mol. The SMILES string of the molecule is O=S(=O)([N-]S(=O)(=O)C(F)(F)C(F)(F)F)C(F)(F)C(F)(F)F.c1ccc2c(c1)[NH2+]c1ccccc1-2. The number of hydrogen-bond acceptors (Lipinski definition) is 4. The lowest BCUT2D eigenvalue weighted by atomic mass is 10.1. The molecule has 6 nitrogen and oxygen atoms in total. The van der Waals surface area contributed by atoms with Gasteiger partial charge in [0.15, 0.2) is 20.0 Å². The average Bonchev–Trinajstić information content (AvgIpc) is 3.04. The van der Waals surface area contributed by atoms with Crippen molar-refractivity contribution in [2.75, 3.05) is 0 Å². The van der Waals surface area contributed by atoms with E-state index < -0.39 is 42.9 Å². The van der Waals surface area contributed by atoms with Gasteiger partial charge in [-0.05, 0) is 12.1 Å². The van der Waals surface area contributed by atoms with Crippen LogP contribution in [0.15, 0.2) is 48.5 Å². The minimum atomic E-state index is -7.62. The Morgan fingerprint density at radius 1 is 0.559 bits per heavy atom. The van der Waals surface area contributed by atoms with Crippen LogP contribution in [0.3, 0.4) is 0 Å². The van der Waals surface area contributed by atoms with Gasteiger partial charge in [-0.2, -0.15) is 43.9 Å². The number of halogens is 10. The molecule has 0 bridgehead atoms. The molecule has 0 amide bonds. The summed E-state index contributed by atoms with van der Waals surface area (Å²) in [4.78, 5) is 0. The Bertz CT molecular complexity index is 1180. The molecule has 0 spiro atoms. The quantitative estimate of drug-likeness (QED) is 0.383. The van der Waals surface area contributed by atoms with E-state index in [9.17, 15) is 60.7 Å². The second kappa shape index (κ2) is 8.65. The highest BCUT2D eigenvalue weighted by atomic mass is 32.3. The zero-order chi connectivity index (χ0) is 26.4.